The molecule has 2 rings (SSSR count). The molecule has 3 N–H and O–H groups in total. The van der Waals surface area contributed by atoms with Crippen molar-refractivity contribution < 1.29 is 24.2 Å². The standard InChI is InChI=1S/C21H33N3O5/c1-21(2,3)29-20(28)23-12-11-22-15(14-25)8-6-7-13-24-18(26)16-9-4-5-10-17(16)19(24)27/h4,9,15,22,25H,5-8,10-14H2,1-3H3,(H,23,28). The van der Waals surface area contributed by atoms with Gasteiger partial charge in [-0.2, -0.15) is 0 Å². The Balaban J connectivity index is 1.61. The zero-order chi connectivity index (χ0) is 21.4. The number of imide groups is 1. The molecule has 0 saturated heterocycles. The van der Waals surface area contributed by atoms with Gasteiger partial charge in [-0.1, -0.05) is 18.6 Å². The van der Waals surface area contributed by atoms with Gasteiger partial charge in [0, 0.05) is 36.8 Å². The van der Waals surface area contributed by atoms with Gasteiger partial charge in [-0.15, -0.1) is 0 Å². The lowest BCUT2D eigenvalue weighted by Gasteiger charge is -2.20. The minimum Gasteiger partial charge on any atom is -0.444 e. The lowest BCUT2D eigenvalue weighted by Crippen LogP contribution is -2.40. The highest BCUT2D eigenvalue weighted by Crippen LogP contribution is 2.29. The van der Waals surface area contributed by atoms with Gasteiger partial charge in [-0.3, -0.25) is 14.5 Å². The smallest absolute Gasteiger partial charge is 0.407 e. The summed E-state index contributed by atoms with van der Waals surface area (Å²) >= 11 is 0. The van der Waals surface area contributed by atoms with Crippen molar-refractivity contribution in [2.45, 2.75) is 64.5 Å². The van der Waals surface area contributed by atoms with Crippen molar-refractivity contribution >= 4 is 17.9 Å². The van der Waals surface area contributed by atoms with Crippen LogP contribution in [-0.4, -0.2) is 65.8 Å². The van der Waals surface area contributed by atoms with Crippen LogP contribution < -0.4 is 10.6 Å². The average Bonchev–Trinajstić information content (AvgIpc) is 2.90. The molecule has 1 aliphatic heterocycles. The second kappa shape index (κ2) is 10.5. The Morgan fingerprint density at radius 3 is 2.66 bits per heavy atom. The first-order valence-corrected chi connectivity index (χ1v) is 10.3. The van der Waals surface area contributed by atoms with E-state index in [1.807, 2.05) is 6.08 Å². The summed E-state index contributed by atoms with van der Waals surface area (Å²) in [6.07, 6.45) is 6.85. The first-order valence-electron chi connectivity index (χ1n) is 10.3. The number of carbonyl (C=O) groups excluding carboxylic acids is 3. The van der Waals surface area contributed by atoms with Crippen LogP contribution in [0.5, 0.6) is 0 Å². The average molecular weight is 408 g/mol. The summed E-state index contributed by atoms with van der Waals surface area (Å²) in [4.78, 5) is 37.6. The van der Waals surface area contributed by atoms with E-state index < -0.39 is 11.7 Å². The van der Waals surface area contributed by atoms with Crippen LogP contribution >= 0.6 is 0 Å². The molecule has 0 aromatic heterocycles. The molecule has 0 radical (unpaired) electrons. The van der Waals surface area contributed by atoms with Gasteiger partial charge in [0.15, 0.2) is 0 Å². The molecule has 162 valence electrons. The minimum absolute atomic E-state index is 0.0192. The number of amides is 3. The summed E-state index contributed by atoms with van der Waals surface area (Å²) in [6.45, 7) is 6.70. The van der Waals surface area contributed by atoms with Crippen LogP contribution in [0.3, 0.4) is 0 Å². The van der Waals surface area contributed by atoms with E-state index in [9.17, 15) is 19.5 Å². The number of carbonyl (C=O) groups is 3. The third kappa shape index (κ3) is 6.97. The van der Waals surface area contributed by atoms with E-state index in [2.05, 4.69) is 10.6 Å². The Kier molecular flexibility index (Phi) is 8.40. The molecule has 3 amide bonds. The minimum atomic E-state index is -0.533. The van der Waals surface area contributed by atoms with Gasteiger partial charge in [0.25, 0.3) is 11.8 Å². The Morgan fingerprint density at radius 2 is 2.00 bits per heavy atom. The molecule has 29 heavy (non-hydrogen) atoms. The van der Waals surface area contributed by atoms with Crippen molar-refractivity contribution in [3.05, 3.63) is 23.3 Å². The topological polar surface area (TPSA) is 108 Å². The van der Waals surface area contributed by atoms with E-state index in [0.717, 1.165) is 12.8 Å². The molecule has 0 aromatic carbocycles. The number of allylic oxidation sites excluding steroid dienone is 1. The van der Waals surface area contributed by atoms with Gasteiger partial charge in [-0.25, -0.2) is 4.79 Å². The van der Waals surface area contributed by atoms with Crippen LogP contribution in [0.15, 0.2) is 23.3 Å². The van der Waals surface area contributed by atoms with Crippen molar-refractivity contribution in [1.82, 2.24) is 15.5 Å². The summed E-state index contributed by atoms with van der Waals surface area (Å²) < 4.78 is 5.16. The first kappa shape index (κ1) is 23.1. The molecule has 0 fully saturated rings. The lowest BCUT2D eigenvalue weighted by molar-refractivity contribution is -0.137. The fraction of sp³-hybridized carbons (Fsp3) is 0.667. The number of unbranched alkanes of at least 4 members (excludes halogenated alkanes) is 1. The molecular formula is C21H33N3O5. The molecule has 1 atom stereocenters. The molecule has 1 heterocycles. The van der Waals surface area contributed by atoms with Crippen LogP contribution in [0, 0.1) is 0 Å². The maximum atomic E-state index is 12.4. The fourth-order valence-corrected chi connectivity index (χ4v) is 3.36. The largest absolute Gasteiger partial charge is 0.444 e. The third-order valence-corrected chi connectivity index (χ3v) is 4.78. The molecule has 2 aliphatic rings. The number of hydrogen-bond acceptors (Lipinski definition) is 6. The Morgan fingerprint density at radius 1 is 1.24 bits per heavy atom. The number of ether oxygens (including phenoxy) is 1. The van der Waals surface area contributed by atoms with Crippen molar-refractivity contribution in [2.24, 2.45) is 0 Å². The normalized spacial score (nSPS) is 17.6. The SMILES string of the molecule is CC(C)(C)OC(=O)NCCNC(CO)CCCCN1C(=O)C2=C(CCC=C2)C1=O. The number of hydrogen-bond donors (Lipinski definition) is 3. The highest BCUT2D eigenvalue weighted by atomic mass is 16.6. The fourth-order valence-electron chi connectivity index (χ4n) is 3.36. The van der Waals surface area contributed by atoms with Crippen molar-refractivity contribution in [2.75, 3.05) is 26.2 Å². The van der Waals surface area contributed by atoms with E-state index >= 15 is 0 Å². The predicted molar refractivity (Wildman–Crippen MR) is 109 cm³/mol. The zero-order valence-corrected chi connectivity index (χ0v) is 17.6. The van der Waals surface area contributed by atoms with Crippen LogP contribution in [0.4, 0.5) is 4.79 Å². The molecule has 8 nitrogen and oxygen atoms in total. The number of alkyl carbamates (subject to hydrolysis) is 1. The van der Waals surface area contributed by atoms with Crippen LogP contribution in [-0.2, 0) is 14.3 Å². The molecule has 8 heteroatoms. The van der Waals surface area contributed by atoms with E-state index in [1.54, 1.807) is 26.8 Å². The maximum absolute atomic E-state index is 12.4. The summed E-state index contributed by atoms with van der Waals surface area (Å²) in [5, 5.41) is 15.4. The van der Waals surface area contributed by atoms with Crippen molar-refractivity contribution in [3.63, 3.8) is 0 Å². The highest BCUT2D eigenvalue weighted by Gasteiger charge is 2.36. The summed E-state index contributed by atoms with van der Waals surface area (Å²) in [7, 11) is 0. The van der Waals surface area contributed by atoms with Gasteiger partial charge in [0.1, 0.15) is 5.60 Å². The second-order valence-corrected chi connectivity index (χ2v) is 8.35. The number of nitrogens with one attached hydrogen (secondary N) is 2. The van der Waals surface area contributed by atoms with Crippen molar-refractivity contribution in [1.29, 1.82) is 0 Å². The Labute approximate surface area is 172 Å². The predicted octanol–water partition coefficient (Wildman–Crippen LogP) is 1.65. The Hall–Kier alpha value is -2.19. The Bertz CT molecular complexity index is 678. The van der Waals surface area contributed by atoms with E-state index in [1.165, 1.54) is 4.90 Å². The van der Waals surface area contributed by atoms with Crippen LogP contribution in [0.2, 0.25) is 0 Å². The summed E-state index contributed by atoms with van der Waals surface area (Å²) in [5.41, 5.74) is 0.660. The van der Waals surface area contributed by atoms with E-state index in [4.69, 9.17) is 4.74 Å². The molecule has 1 aliphatic carbocycles. The van der Waals surface area contributed by atoms with Crippen LogP contribution in [0.25, 0.3) is 0 Å². The summed E-state index contributed by atoms with van der Waals surface area (Å²) in [6, 6.07) is -0.102. The lowest BCUT2D eigenvalue weighted by atomic mass is 10.00. The quantitative estimate of drug-likeness (QED) is 0.375. The highest BCUT2D eigenvalue weighted by molar-refractivity contribution is 6.20. The first-order chi connectivity index (χ1) is 13.7. The third-order valence-electron chi connectivity index (χ3n) is 4.78. The number of aliphatic hydroxyl groups is 1. The van der Waals surface area contributed by atoms with Gasteiger partial charge >= 0.3 is 6.09 Å². The van der Waals surface area contributed by atoms with E-state index in [-0.39, 0.29) is 24.5 Å². The number of aliphatic hydroxyl groups excluding tert-OH is 1. The molecule has 0 spiro atoms. The van der Waals surface area contributed by atoms with Gasteiger partial charge in [0.05, 0.1) is 6.61 Å². The molecule has 0 saturated carbocycles. The monoisotopic (exact) mass is 407 g/mol. The van der Waals surface area contributed by atoms with E-state index in [0.29, 0.717) is 50.0 Å². The zero-order valence-electron chi connectivity index (χ0n) is 17.6. The molecule has 0 aromatic rings. The maximum Gasteiger partial charge on any atom is 0.407 e. The molecule has 1 unspecified atom stereocenters. The molecule has 0 bridgehead atoms. The second-order valence-electron chi connectivity index (χ2n) is 8.35. The molecular weight excluding hydrogens is 374 g/mol. The van der Waals surface area contributed by atoms with Crippen LogP contribution in [0.1, 0.15) is 52.9 Å². The van der Waals surface area contributed by atoms with Gasteiger partial charge in [0.2, 0.25) is 0 Å². The number of nitrogens with zero attached hydrogens (tertiary/aromatic N) is 1. The van der Waals surface area contributed by atoms with Gasteiger partial charge < -0.3 is 20.5 Å². The summed E-state index contributed by atoms with van der Waals surface area (Å²) in [5.74, 6) is -0.342. The van der Waals surface area contributed by atoms with Crippen molar-refractivity contribution in [3.8, 4) is 0 Å². The van der Waals surface area contributed by atoms with Gasteiger partial charge in [-0.05, 0) is 46.5 Å². The number of rotatable bonds is 10.